The molecule has 1 aliphatic heterocycles. The van der Waals surface area contributed by atoms with Crippen molar-refractivity contribution in [2.75, 3.05) is 13.6 Å². The van der Waals surface area contributed by atoms with Crippen LogP contribution >= 0.6 is 0 Å². The van der Waals surface area contributed by atoms with Gasteiger partial charge in [-0.15, -0.1) is 0 Å². The topological polar surface area (TPSA) is 50.7 Å². The van der Waals surface area contributed by atoms with Crippen LogP contribution in [0.2, 0.25) is 0 Å². The van der Waals surface area contributed by atoms with Crippen molar-refractivity contribution in [3.05, 3.63) is 34.8 Å². The van der Waals surface area contributed by atoms with Gasteiger partial charge in [-0.3, -0.25) is 0 Å². The maximum atomic E-state index is 9.54. The number of rotatable bonds is 4. The van der Waals surface area contributed by atoms with E-state index >= 15 is 0 Å². The first-order chi connectivity index (χ1) is 10.2. The summed E-state index contributed by atoms with van der Waals surface area (Å²) in [5, 5.41) is 12.7. The zero-order chi connectivity index (χ0) is 16.5. The van der Waals surface area contributed by atoms with Crippen molar-refractivity contribution in [3.8, 4) is 5.75 Å². The molecule has 2 rings (SSSR count). The van der Waals surface area contributed by atoms with Crippen LogP contribution in [0, 0.1) is 6.92 Å². The third-order valence-corrected chi connectivity index (χ3v) is 4.53. The average molecular weight is 303 g/mol. The molecule has 2 N–H and O–H groups in total. The van der Waals surface area contributed by atoms with Crippen LogP contribution in [0.3, 0.4) is 0 Å². The molecule has 0 atom stereocenters. The van der Waals surface area contributed by atoms with E-state index < -0.39 is 0 Å². The fourth-order valence-electron chi connectivity index (χ4n) is 2.42. The maximum Gasteiger partial charge on any atom is 0.491 e. The van der Waals surface area contributed by atoms with Crippen LogP contribution < -0.4 is 5.32 Å². The minimum absolute atomic E-state index is 0.278. The van der Waals surface area contributed by atoms with Crippen LogP contribution in [0.15, 0.2) is 23.7 Å². The number of benzene rings is 1. The van der Waals surface area contributed by atoms with Gasteiger partial charge in [0.1, 0.15) is 5.75 Å². The van der Waals surface area contributed by atoms with Gasteiger partial charge in [-0.05, 0) is 70.4 Å². The number of aromatic hydroxyl groups is 1. The van der Waals surface area contributed by atoms with Crippen molar-refractivity contribution in [2.45, 2.75) is 45.8 Å². The lowest BCUT2D eigenvalue weighted by Crippen LogP contribution is -2.41. The van der Waals surface area contributed by atoms with E-state index in [1.54, 1.807) is 12.1 Å². The summed E-state index contributed by atoms with van der Waals surface area (Å²) in [5.41, 5.74) is 2.40. The standard InChI is InChI=1S/C17H26BNO3/c1-12-9-15(20)8-7-13(12)10-14(11-19-6)18-21-16(2,3)17(4,5)22-18/h7-10,19-20H,11H2,1-6H3. The largest absolute Gasteiger partial charge is 0.508 e. The molecule has 0 bridgehead atoms. The van der Waals surface area contributed by atoms with E-state index in [4.69, 9.17) is 9.31 Å². The van der Waals surface area contributed by atoms with Crippen LogP contribution in [0.4, 0.5) is 0 Å². The zero-order valence-corrected chi connectivity index (χ0v) is 14.4. The van der Waals surface area contributed by atoms with Crippen LogP contribution in [0.25, 0.3) is 6.08 Å². The number of hydrogen-bond acceptors (Lipinski definition) is 4. The number of likely N-dealkylation sites (N-methyl/N-ethyl adjacent to an activating group) is 1. The number of nitrogens with one attached hydrogen (secondary N) is 1. The summed E-state index contributed by atoms with van der Waals surface area (Å²) in [6.45, 7) is 10.9. The molecule has 1 aromatic carbocycles. The summed E-state index contributed by atoms with van der Waals surface area (Å²) in [6, 6.07) is 5.36. The molecular formula is C17H26BNO3. The van der Waals surface area contributed by atoms with E-state index in [1.165, 1.54) is 0 Å². The molecule has 22 heavy (non-hydrogen) atoms. The number of aryl methyl sites for hydroxylation is 1. The summed E-state index contributed by atoms with van der Waals surface area (Å²) in [6.07, 6.45) is 2.08. The Bertz CT molecular complexity index is 565. The molecule has 0 radical (unpaired) electrons. The van der Waals surface area contributed by atoms with Crippen molar-refractivity contribution in [3.63, 3.8) is 0 Å². The Balaban J connectivity index is 2.33. The molecule has 0 amide bonds. The third kappa shape index (κ3) is 3.37. The summed E-state index contributed by atoms with van der Waals surface area (Å²) in [7, 11) is 1.54. The molecule has 1 fully saturated rings. The van der Waals surface area contributed by atoms with Gasteiger partial charge in [-0.1, -0.05) is 12.1 Å². The van der Waals surface area contributed by atoms with Gasteiger partial charge in [0.25, 0.3) is 0 Å². The molecule has 0 unspecified atom stereocenters. The van der Waals surface area contributed by atoms with Crippen molar-refractivity contribution in [2.24, 2.45) is 0 Å². The smallest absolute Gasteiger partial charge is 0.491 e. The molecule has 1 aromatic rings. The summed E-state index contributed by atoms with van der Waals surface area (Å²) in [4.78, 5) is 0. The van der Waals surface area contributed by atoms with Crippen molar-refractivity contribution in [1.29, 1.82) is 0 Å². The Morgan fingerprint density at radius 2 is 1.82 bits per heavy atom. The van der Waals surface area contributed by atoms with Crippen LogP contribution in [-0.4, -0.2) is 37.0 Å². The van der Waals surface area contributed by atoms with Crippen LogP contribution in [0.1, 0.15) is 38.8 Å². The highest BCUT2D eigenvalue weighted by Gasteiger charge is 2.52. The fraction of sp³-hybridized carbons (Fsp3) is 0.529. The Kier molecular flexibility index (Phi) is 4.71. The van der Waals surface area contributed by atoms with Gasteiger partial charge in [0.15, 0.2) is 0 Å². The van der Waals surface area contributed by atoms with Gasteiger partial charge in [-0.2, -0.15) is 0 Å². The zero-order valence-electron chi connectivity index (χ0n) is 14.4. The molecule has 120 valence electrons. The van der Waals surface area contributed by atoms with E-state index in [1.807, 2.05) is 20.0 Å². The van der Waals surface area contributed by atoms with Crippen molar-refractivity contribution in [1.82, 2.24) is 5.32 Å². The van der Waals surface area contributed by atoms with Gasteiger partial charge in [0.2, 0.25) is 0 Å². The normalized spacial score (nSPS) is 20.5. The molecule has 1 saturated heterocycles. The highest BCUT2D eigenvalue weighted by atomic mass is 16.7. The third-order valence-electron chi connectivity index (χ3n) is 4.53. The summed E-state index contributed by atoms with van der Waals surface area (Å²) in [5.74, 6) is 0.278. The van der Waals surface area contributed by atoms with Gasteiger partial charge >= 0.3 is 7.12 Å². The highest BCUT2D eigenvalue weighted by Crippen LogP contribution is 2.38. The molecule has 4 nitrogen and oxygen atoms in total. The Morgan fingerprint density at radius 1 is 1.23 bits per heavy atom. The van der Waals surface area contributed by atoms with Gasteiger partial charge in [0.05, 0.1) is 11.2 Å². The predicted molar refractivity (Wildman–Crippen MR) is 90.8 cm³/mol. The molecule has 1 heterocycles. The Morgan fingerprint density at radius 3 is 2.32 bits per heavy atom. The predicted octanol–water partition coefficient (Wildman–Crippen LogP) is 2.93. The highest BCUT2D eigenvalue weighted by molar-refractivity contribution is 6.55. The van der Waals surface area contributed by atoms with E-state index in [0.29, 0.717) is 6.54 Å². The maximum absolute atomic E-state index is 9.54. The monoisotopic (exact) mass is 303 g/mol. The second kappa shape index (κ2) is 6.07. The minimum atomic E-state index is -0.370. The molecule has 5 heteroatoms. The second-order valence-corrected chi connectivity index (χ2v) is 6.88. The SMILES string of the molecule is CNCC(=Cc1ccc(O)cc1C)B1OC(C)(C)C(C)(C)O1. The number of hydrogen-bond donors (Lipinski definition) is 2. The van der Waals surface area contributed by atoms with E-state index in [9.17, 15) is 5.11 Å². The van der Waals surface area contributed by atoms with Gasteiger partial charge in [0, 0.05) is 6.54 Å². The molecular weight excluding hydrogens is 277 g/mol. The molecule has 0 spiro atoms. The van der Waals surface area contributed by atoms with Crippen LogP contribution in [-0.2, 0) is 9.31 Å². The second-order valence-electron chi connectivity index (χ2n) is 6.88. The lowest BCUT2D eigenvalue weighted by Gasteiger charge is -2.32. The quantitative estimate of drug-likeness (QED) is 0.840. The first-order valence-corrected chi connectivity index (χ1v) is 7.66. The molecule has 0 aliphatic carbocycles. The Labute approximate surface area is 133 Å². The van der Waals surface area contributed by atoms with E-state index in [-0.39, 0.29) is 24.1 Å². The fourth-order valence-corrected chi connectivity index (χ4v) is 2.42. The first-order valence-electron chi connectivity index (χ1n) is 7.66. The van der Waals surface area contributed by atoms with E-state index in [0.717, 1.165) is 16.6 Å². The van der Waals surface area contributed by atoms with Crippen molar-refractivity contribution < 1.29 is 14.4 Å². The average Bonchev–Trinajstić information content (AvgIpc) is 2.61. The first kappa shape index (κ1) is 17.1. The number of phenolic OH excluding ortho intramolecular Hbond substituents is 1. The minimum Gasteiger partial charge on any atom is -0.508 e. The van der Waals surface area contributed by atoms with E-state index in [2.05, 4.69) is 39.1 Å². The van der Waals surface area contributed by atoms with Crippen molar-refractivity contribution >= 4 is 13.2 Å². The van der Waals surface area contributed by atoms with Crippen LogP contribution in [0.5, 0.6) is 5.75 Å². The van der Waals surface area contributed by atoms with Gasteiger partial charge < -0.3 is 19.7 Å². The number of phenols is 1. The lowest BCUT2D eigenvalue weighted by atomic mass is 9.76. The Hall–Kier alpha value is -1.30. The molecule has 0 saturated carbocycles. The molecule has 1 aliphatic rings. The van der Waals surface area contributed by atoms with Gasteiger partial charge in [-0.25, -0.2) is 0 Å². The molecule has 0 aromatic heterocycles. The summed E-state index contributed by atoms with van der Waals surface area (Å²) < 4.78 is 12.3. The summed E-state index contributed by atoms with van der Waals surface area (Å²) >= 11 is 0. The lowest BCUT2D eigenvalue weighted by molar-refractivity contribution is 0.00578.